The molecule has 0 unspecified atom stereocenters. The Kier molecular flexibility index (Phi) is 4.68. The van der Waals surface area contributed by atoms with Crippen molar-refractivity contribution in [2.45, 2.75) is 25.2 Å². The van der Waals surface area contributed by atoms with E-state index in [1.54, 1.807) is 24.3 Å². The van der Waals surface area contributed by atoms with Crippen molar-refractivity contribution in [3.05, 3.63) is 35.4 Å². The molecule has 0 aliphatic carbocycles. The van der Waals surface area contributed by atoms with Crippen molar-refractivity contribution < 1.29 is 18.6 Å². The van der Waals surface area contributed by atoms with E-state index in [0.717, 1.165) is 5.56 Å². The predicted molar refractivity (Wildman–Crippen MR) is 66.5 cm³/mol. The SMILES string of the molecule is CCS(=O)(=O)[C@H](CO)[C@H](O)c1ccc(C)cc1. The van der Waals surface area contributed by atoms with E-state index in [9.17, 15) is 13.5 Å². The van der Waals surface area contributed by atoms with Gasteiger partial charge >= 0.3 is 0 Å². The van der Waals surface area contributed by atoms with E-state index in [2.05, 4.69) is 0 Å². The van der Waals surface area contributed by atoms with Crippen LogP contribution in [0.4, 0.5) is 0 Å². The van der Waals surface area contributed by atoms with Crippen LogP contribution in [0.15, 0.2) is 24.3 Å². The molecule has 0 radical (unpaired) electrons. The molecular weight excluding hydrogens is 240 g/mol. The van der Waals surface area contributed by atoms with Gasteiger partial charge in [-0.1, -0.05) is 36.8 Å². The summed E-state index contributed by atoms with van der Waals surface area (Å²) in [7, 11) is -3.47. The minimum Gasteiger partial charge on any atom is -0.395 e. The fourth-order valence-electron chi connectivity index (χ4n) is 1.60. The van der Waals surface area contributed by atoms with E-state index in [-0.39, 0.29) is 5.75 Å². The Hall–Kier alpha value is -0.910. The maximum absolute atomic E-state index is 11.7. The Labute approximate surface area is 102 Å². The van der Waals surface area contributed by atoms with Gasteiger partial charge in [-0.15, -0.1) is 0 Å². The van der Waals surface area contributed by atoms with E-state index in [0.29, 0.717) is 5.56 Å². The van der Waals surface area contributed by atoms with Gasteiger partial charge in [0.25, 0.3) is 0 Å². The number of benzene rings is 1. The molecule has 0 saturated carbocycles. The van der Waals surface area contributed by atoms with Crippen LogP contribution >= 0.6 is 0 Å². The molecular formula is C12H18O4S. The molecule has 1 aromatic carbocycles. The van der Waals surface area contributed by atoms with Crippen molar-refractivity contribution in [2.75, 3.05) is 12.4 Å². The molecule has 1 aromatic rings. The summed E-state index contributed by atoms with van der Waals surface area (Å²) < 4.78 is 23.4. The summed E-state index contributed by atoms with van der Waals surface area (Å²) in [5.74, 6) is -0.0961. The zero-order valence-electron chi connectivity index (χ0n) is 10.00. The number of sulfone groups is 1. The molecule has 0 heterocycles. The third kappa shape index (κ3) is 3.28. The molecule has 0 aliphatic rings. The fraction of sp³-hybridized carbons (Fsp3) is 0.500. The van der Waals surface area contributed by atoms with E-state index in [1.807, 2.05) is 6.92 Å². The molecule has 17 heavy (non-hydrogen) atoms. The van der Waals surface area contributed by atoms with Crippen molar-refractivity contribution >= 4 is 9.84 Å². The zero-order valence-corrected chi connectivity index (χ0v) is 10.8. The normalized spacial score (nSPS) is 15.5. The summed E-state index contributed by atoms with van der Waals surface area (Å²) in [4.78, 5) is 0. The topological polar surface area (TPSA) is 74.6 Å². The van der Waals surface area contributed by atoms with E-state index >= 15 is 0 Å². The van der Waals surface area contributed by atoms with Crippen molar-refractivity contribution in [3.8, 4) is 0 Å². The Bertz CT molecular complexity index is 450. The average Bonchev–Trinajstić information content (AvgIpc) is 2.30. The summed E-state index contributed by atoms with van der Waals surface area (Å²) in [6.45, 7) is 2.83. The van der Waals surface area contributed by atoms with Gasteiger partial charge in [0.15, 0.2) is 9.84 Å². The van der Waals surface area contributed by atoms with Gasteiger partial charge in [0.05, 0.1) is 12.7 Å². The molecule has 0 aromatic heterocycles. The van der Waals surface area contributed by atoms with Crippen molar-refractivity contribution in [1.29, 1.82) is 0 Å². The molecule has 4 nitrogen and oxygen atoms in total. The number of rotatable bonds is 5. The quantitative estimate of drug-likeness (QED) is 0.820. The standard InChI is InChI=1S/C12H18O4S/c1-3-17(15,16)11(8-13)12(14)10-6-4-9(2)5-7-10/h4-7,11-14H,3,8H2,1-2H3/t11-,12-/m1/s1. The molecule has 0 amide bonds. The minimum absolute atomic E-state index is 0.0961. The van der Waals surface area contributed by atoms with Crippen LogP contribution in [0.1, 0.15) is 24.2 Å². The van der Waals surface area contributed by atoms with Gasteiger partial charge in [-0.3, -0.25) is 0 Å². The summed E-state index contributed by atoms with van der Waals surface area (Å²) in [5, 5.41) is 18.0. The van der Waals surface area contributed by atoms with Crippen LogP contribution in [0.25, 0.3) is 0 Å². The van der Waals surface area contributed by atoms with Crippen LogP contribution in [0, 0.1) is 6.92 Å². The van der Waals surface area contributed by atoms with Crippen LogP contribution < -0.4 is 0 Å². The highest BCUT2D eigenvalue weighted by molar-refractivity contribution is 7.92. The summed E-state index contributed by atoms with van der Waals surface area (Å²) in [5.41, 5.74) is 1.53. The van der Waals surface area contributed by atoms with E-state index in [1.165, 1.54) is 6.92 Å². The van der Waals surface area contributed by atoms with Gasteiger partial charge < -0.3 is 10.2 Å². The van der Waals surface area contributed by atoms with Crippen LogP contribution in [-0.4, -0.2) is 36.2 Å². The highest BCUT2D eigenvalue weighted by Crippen LogP contribution is 2.22. The molecule has 5 heteroatoms. The van der Waals surface area contributed by atoms with Crippen LogP contribution in [0.2, 0.25) is 0 Å². The first kappa shape index (κ1) is 14.2. The molecule has 96 valence electrons. The Morgan fingerprint density at radius 3 is 2.18 bits per heavy atom. The molecule has 0 saturated heterocycles. The van der Waals surface area contributed by atoms with Gasteiger partial charge in [0.2, 0.25) is 0 Å². The van der Waals surface area contributed by atoms with Crippen molar-refractivity contribution in [3.63, 3.8) is 0 Å². The van der Waals surface area contributed by atoms with Crippen molar-refractivity contribution in [2.24, 2.45) is 0 Å². The molecule has 2 N–H and O–H groups in total. The summed E-state index contributed by atoms with van der Waals surface area (Å²) >= 11 is 0. The zero-order chi connectivity index (χ0) is 13.1. The van der Waals surface area contributed by atoms with Crippen molar-refractivity contribution in [1.82, 2.24) is 0 Å². The lowest BCUT2D eigenvalue weighted by Gasteiger charge is -2.20. The van der Waals surface area contributed by atoms with Crippen LogP contribution in [0.3, 0.4) is 0 Å². The second kappa shape index (κ2) is 5.62. The molecule has 0 bridgehead atoms. The molecule has 0 spiro atoms. The lowest BCUT2D eigenvalue weighted by atomic mass is 10.1. The Balaban J connectivity index is 3.02. The van der Waals surface area contributed by atoms with E-state index in [4.69, 9.17) is 5.11 Å². The lowest BCUT2D eigenvalue weighted by molar-refractivity contribution is 0.138. The van der Waals surface area contributed by atoms with Gasteiger partial charge in [-0.05, 0) is 12.5 Å². The third-order valence-corrected chi connectivity index (χ3v) is 4.95. The van der Waals surface area contributed by atoms with Gasteiger partial charge in [0.1, 0.15) is 5.25 Å². The fourth-order valence-corrected chi connectivity index (χ4v) is 2.81. The van der Waals surface area contributed by atoms with Gasteiger partial charge in [-0.25, -0.2) is 8.42 Å². The van der Waals surface area contributed by atoms with E-state index < -0.39 is 27.8 Å². The maximum atomic E-state index is 11.7. The lowest BCUT2D eigenvalue weighted by Crippen LogP contribution is -2.33. The number of hydrogen-bond donors (Lipinski definition) is 2. The third-order valence-electron chi connectivity index (χ3n) is 2.81. The maximum Gasteiger partial charge on any atom is 0.158 e. The number of hydrogen-bond acceptors (Lipinski definition) is 4. The molecule has 1 rings (SSSR count). The minimum atomic E-state index is -3.47. The highest BCUT2D eigenvalue weighted by Gasteiger charge is 2.31. The van der Waals surface area contributed by atoms with Gasteiger partial charge in [-0.2, -0.15) is 0 Å². The second-order valence-corrected chi connectivity index (χ2v) is 6.54. The second-order valence-electron chi connectivity index (χ2n) is 4.03. The summed E-state index contributed by atoms with van der Waals surface area (Å²) in [6.07, 6.45) is -1.19. The largest absolute Gasteiger partial charge is 0.395 e. The highest BCUT2D eigenvalue weighted by atomic mass is 32.2. The first-order chi connectivity index (χ1) is 7.92. The van der Waals surface area contributed by atoms with Crippen LogP contribution in [0.5, 0.6) is 0 Å². The molecule has 2 atom stereocenters. The monoisotopic (exact) mass is 258 g/mol. The number of aryl methyl sites for hydroxylation is 1. The first-order valence-electron chi connectivity index (χ1n) is 5.49. The predicted octanol–water partition coefficient (Wildman–Crippen LogP) is 0.824. The summed E-state index contributed by atoms with van der Waals surface area (Å²) in [6, 6.07) is 6.94. The smallest absolute Gasteiger partial charge is 0.158 e. The molecule has 0 fully saturated rings. The number of aliphatic hydroxyl groups is 2. The number of aliphatic hydroxyl groups excluding tert-OH is 2. The average molecular weight is 258 g/mol. The molecule has 0 aliphatic heterocycles. The van der Waals surface area contributed by atoms with Gasteiger partial charge in [0, 0.05) is 5.75 Å². The first-order valence-corrected chi connectivity index (χ1v) is 7.21. The van der Waals surface area contributed by atoms with Crippen LogP contribution in [-0.2, 0) is 9.84 Å². The Morgan fingerprint density at radius 1 is 1.24 bits per heavy atom. The Morgan fingerprint density at radius 2 is 1.76 bits per heavy atom.